The molecule has 2 unspecified atom stereocenters. The van der Waals surface area contributed by atoms with Gasteiger partial charge in [-0.25, -0.2) is 9.18 Å². The van der Waals surface area contributed by atoms with Crippen LogP contribution in [0.5, 0.6) is 0 Å². The normalized spacial score (nSPS) is 25.7. The van der Waals surface area contributed by atoms with Crippen molar-refractivity contribution in [3.05, 3.63) is 35.1 Å². The van der Waals surface area contributed by atoms with Gasteiger partial charge in [0.15, 0.2) is 5.78 Å². The van der Waals surface area contributed by atoms with E-state index in [0.717, 1.165) is 0 Å². The Morgan fingerprint density at radius 1 is 1.19 bits per heavy atom. The molecule has 1 aromatic rings. The number of carbonyl (C=O) groups excluding carboxylic acids is 2. The molecule has 2 aliphatic heterocycles. The maximum absolute atomic E-state index is 14.4. The number of amides is 1. The zero-order valence-corrected chi connectivity index (χ0v) is 15.8. The first-order valence-electron chi connectivity index (χ1n) is 9.06. The van der Waals surface area contributed by atoms with Crippen molar-refractivity contribution in [2.24, 2.45) is 5.92 Å². The Morgan fingerprint density at radius 3 is 2.38 bits per heavy atom. The van der Waals surface area contributed by atoms with E-state index in [1.54, 1.807) is 24.0 Å². The van der Waals surface area contributed by atoms with E-state index in [4.69, 9.17) is 9.47 Å². The lowest BCUT2D eigenvalue weighted by atomic mass is 9.80. The van der Waals surface area contributed by atoms with Gasteiger partial charge in [0, 0.05) is 5.92 Å². The van der Waals surface area contributed by atoms with E-state index in [0.29, 0.717) is 31.6 Å². The Hall–Kier alpha value is -1.95. The second kappa shape index (κ2) is 6.99. The monoisotopic (exact) mass is 363 g/mol. The van der Waals surface area contributed by atoms with E-state index in [-0.39, 0.29) is 35.4 Å². The van der Waals surface area contributed by atoms with Gasteiger partial charge in [0.2, 0.25) is 0 Å². The molecule has 2 bridgehead atoms. The van der Waals surface area contributed by atoms with Gasteiger partial charge in [0.1, 0.15) is 11.4 Å². The molecule has 2 saturated heterocycles. The van der Waals surface area contributed by atoms with Crippen LogP contribution in [0, 0.1) is 18.7 Å². The van der Waals surface area contributed by atoms with Gasteiger partial charge in [-0.3, -0.25) is 9.69 Å². The van der Waals surface area contributed by atoms with E-state index >= 15 is 0 Å². The number of aryl methyl sites for hydroxylation is 1. The highest BCUT2D eigenvalue weighted by Crippen LogP contribution is 2.35. The zero-order valence-electron chi connectivity index (χ0n) is 15.8. The number of rotatable bonds is 2. The average molecular weight is 363 g/mol. The standard InChI is InChI=1S/C20H26FNO4/c1-12-6-5-7-16(17(12)21)18(23)13-8-14-10-25-11-15(9-13)22(14)19(24)26-20(2,3)4/h5-7,13-15H,8-11H2,1-4H3. The number of carbonyl (C=O) groups is 2. The zero-order chi connectivity index (χ0) is 19.1. The topological polar surface area (TPSA) is 55.8 Å². The average Bonchev–Trinajstić information content (AvgIpc) is 2.54. The number of morpholine rings is 1. The van der Waals surface area contributed by atoms with E-state index in [9.17, 15) is 14.0 Å². The lowest BCUT2D eigenvalue weighted by Crippen LogP contribution is -2.60. The minimum Gasteiger partial charge on any atom is -0.444 e. The van der Waals surface area contributed by atoms with Gasteiger partial charge in [0.25, 0.3) is 0 Å². The van der Waals surface area contributed by atoms with Crippen LogP contribution in [0.1, 0.15) is 49.5 Å². The number of benzene rings is 1. The second-order valence-electron chi connectivity index (χ2n) is 8.20. The molecule has 1 amide bonds. The molecule has 2 atom stereocenters. The number of fused-ring (bicyclic) bond motifs is 2. The van der Waals surface area contributed by atoms with Crippen molar-refractivity contribution in [1.29, 1.82) is 0 Å². The highest BCUT2D eigenvalue weighted by atomic mass is 19.1. The van der Waals surface area contributed by atoms with Crippen molar-refractivity contribution < 1.29 is 23.5 Å². The summed E-state index contributed by atoms with van der Waals surface area (Å²) >= 11 is 0. The maximum atomic E-state index is 14.4. The van der Waals surface area contributed by atoms with Gasteiger partial charge in [-0.05, 0) is 52.2 Å². The fourth-order valence-electron chi connectivity index (χ4n) is 3.80. The van der Waals surface area contributed by atoms with Crippen LogP contribution in [0.4, 0.5) is 9.18 Å². The van der Waals surface area contributed by atoms with Crippen LogP contribution in [0.2, 0.25) is 0 Å². The highest BCUT2D eigenvalue weighted by Gasteiger charge is 2.45. The van der Waals surface area contributed by atoms with Crippen LogP contribution in [0.25, 0.3) is 0 Å². The summed E-state index contributed by atoms with van der Waals surface area (Å²) in [7, 11) is 0. The van der Waals surface area contributed by atoms with Crippen LogP contribution in [-0.2, 0) is 9.47 Å². The lowest BCUT2D eigenvalue weighted by Gasteiger charge is -2.47. The van der Waals surface area contributed by atoms with Crippen LogP contribution < -0.4 is 0 Å². The number of Topliss-reactive ketones (excluding diaryl/α,β-unsaturated/α-hetero) is 1. The molecular formula is C20H26FNO4. The van der Waals surface area contributed by atoms with Gasteiger partial charge in [-0.2, -0.15) is 0 Å². The molecule has 0 N–H and O–H groups in total. The molecule has 26 heavy (non-hydrogen) atoms. The summed E-state index contributed by atoms with van der Waals surface area (Å²) in [6.45, 7) is 7.88. The van der Waals surface area contributed by atoms with Crippen molar-refractivity contribution in [3.63, 3.8) is 0 Å². The molecule has 3 rings (SSSR count). The Kier molecular flexibility index (Phi) is 5.06. The molecule has 2 fully saturated rings. The van der Waals surface area contributed by atoms with E-state index in [1.165, 1.54) is 6.07 Å². The minimum absolute atomic E-state index is 0.139. The number of halogens is 1. The van der Waals surface area contributed by atoms with Gasteiger partial charge >= 0.3 is 6.09 Å². The Balaban J connectivity index is 1.78. The summed E-state index contributed by atoms with van der Waals surface area (Å²) in [5, 5.41) is 0. The van der Waals surface area contributed by atoms with Crippen LogP contribution >= 0.6 is 0 Å². The van der Waals surface area contributed by atoms with Gasteiger partial charge in [0.05, 0.1) is 30.9 Å². The summed E-state index contributed by atoms with van der Waals surface area (Å²) < 4.78 is 25.5. The molecule has 0 aromatic heterocycles. The SMILES string of the molecule is Cc1cccc(C(=O)C2CC3COCC(C2)N3C(=O)OC(C)(C)C)c1F. The predicted molar refractivity (Wildman–Crippen MR) is 94.7 cm³/mol. The Bertz CT molecular complexity index is 698. The summed E-state index contributed by atoms with van der Waals surface area (Å²) in [6.07, 6.45) is 0.549. The molecule has 0 radical (unpaired) electrons. The first-order valence-corrected chi connectivity index (χ1v) is 9.06. The van der Waals surface area contributed by atoms with Gasteiger partial charge < -0.3 is 9.47 Å². The molecule has 2 aliphatic rings. The number of nitrogens with zero attached hydrogens (tertiary/aromatic N) is 1. The summed E-state index contributed by atoms with van der Waals surface area (Å²) in [6, 6.07) is 4.45. The van der Waals surface area contributed by atoms with Gasteiger partial charge in [-0.15, -0.1) is 0 Å². The number of ether oxygens (including phenoxy) is 2. The molecule has 2 heterocycles. The third kappa shape index (κ3) is 3.75. The molecule has 5 nitrogen and oxygen atoms in total. The summed E-state index contributed by atoms with van der Waals surface area (Å²) in [4.78, 5) is 27.2. The van der Waals surface area contributed by atoms with Crippen molar-refractivity contribution in [2.45, 2.75) is 58.2 Å². The second-order valence-corrected chi connectivity index (χ2v) is 8.20. The molecule has 0 aliphatic carbocycles. The molecular weight excluding hydrogens is 337 g/mol. The van der Waals surface area contributed by atoms with Crippen molar-refractivity contribution >= 4 is 11.9 Å². The van der Waals surface area contributed by atoms with Crippen molar-refractivity contribution in [1.82, 2.24) is 4.90 Å². The smallest absolute Gasteiger partial charge is 0.410 e. The van der Waals surface area contributed by atoms with Gasteiger partial charge in [-0.1, -0.05) is 12.1 Å². The van der Waals surface area contributed by atoms with E-state index < -0.39 is 11.4 Å². The summed E-state index contributed by atoms with van der Waals surface area (Å²) in [5.41, 5.74) is 0.0223. The number of hydrogen-bond donors (Lipinski definition) is 0. The third-order valence-electron chi connectivity index (χ3n) is 4.95. The number of hydrogen-bond acceptors (Lipinski definition) is 4. The molecule has 0 spiro atoms. The first kappa shape index (κ1) is 18.8. The Labute approximate surface area is 153 Å². The molecule has 6 heteroatoms. The highest BCUT2D eigenvalue weighted by molar-refractivity contribution is 5.98. The number of ketones is 1. The predicted octanol–water partition coefficient (Wildman–Crippen LogP) is 3.73. The van der Waals surface area contributed by atoms with Crippen molar-refractivity contribution in [3.8, 4) is 0 Å². The molecule has 1 aromatic carbocycles. The van der Waals surface area contributed by atoms with Crippen LogP contribution in [0.3, 0.4) is 0 Å². The lowest BCUT2D eigenvalue weighted by molar-refractivity contribution is -0.0861. The van der Waals surface area contributed by atoms with E-state index in [1.807, 2.05) is 20.8 Å². The molecule has 0 saturated carbocycles. The minimum atomic E-state index is -0.580. The quantitative estimate of drug-likeness (QED) is 0.751. The van der Waals surface area contributed by atoms with Crippen LogP contribution in [0.15, 0.2) is 18.2 Å². The fourth-order valence-corrected chi connectivity index (χ4v) is 3.80. The van der Waals surface area contributed by atoms with Crippen molar-refractivity contribution in [2.75, 3.05) is 13.2 Å². The first-order chi connectivity index (χ1) is 12.2. The Morgan fingerprint density at radius 2 is 1.81 bits per heavy atom. The number of piperidine rings is 1. The summed E-state index contributed by atoms with van der Waals surface area (Å²) in [5.74, 6) is -0.954. The third-order valence-corrected chi connectivity index (χ3v) is 4.95. The van der Waals surface area contributed by atoms with Crippen LogP contribution in [-0.4, -0.2) is 47.7 Å². The largest absolute Gasteiger partial charge is 0.444 e. The molecule has 142 valence electrons. The maximum Gasteiger partial charge on any atom is 0.410 e. The van der Waals surface area contributed by atoms with E-state index in [2.05, 4.69) is 0 Å². The fraction of sp³-hybridized carbons (Fsp3) is 0.600.